The Bertz CT molecular complexity index is 570. The average molecular weight is 338 g/mol. The van der Waals surface area contributed by atoms with Crippen molar-refractivity contribution in [2.45, 2.75) is 19.9 Å². The number of hydrogen-bond donors (Lipinski definition) is 3. The van der Waals surface area contributed by atoms with Gasteiger partial charge in [-0.2, -0.15) is 0 Å². The number of pyridine rings is 1. The third kappa shape index (κ3) is 3.80. The van der Waals surface area contributed by atoms with Gasteiger partial charge in [0.1, 0.15) is 11.6 Å². The number of rotatable bonds is 6. The summed E-state index contributed by atoms with van der Waals surface area (Å²) in [7, 11) is 0. The van der Waals surface area contributed by atoms with E-state index in [0.717, 1.165) is 17.4 Å². The molecule has 3 N–H and O–H groups in total. The van der Waals surface area contributed by atoms with Crippen LogP contribution in [0.25, 0.3) is 0 Å². The second kappa shape index (κ2) is 7.04. The third-order valence-corrected chi connectivity index (χ3v) is 3.05. The molecule has 2 rings (SSSR count). The number of nitrogens with zero attached hydrogens (tertiary/aromatic N) is 2. The molecule has 0 aliphatic rings. The molecule has 0 fully saturated rings. The zero-order chi connectivity index (χ0) is 14.4. The minimum Gasteiger partial charge on any atom is -0.369 e. The maximum atomic E-state index is 12.2. The summed E-state index contributed by atoms with van der Waals surface area (Å²) in [5, 5.41) is 5.96. The van der Waals surface area contributed by atoms with Gasteiger partial charge in [0.15, 0.2) is 0 Å². The minimum absolute atomic E-state index is 0.186. The summed E-state index contributed by atoms with van der Waals surface area (Å²) >= 11 is 3.33. The Kier molecular flexibility index (Phi) is 5.11. The third-order valence-electron chi connectivity index (χ3n) is 2.61. The van der Waals surface area contributed by atoms with E-state index in [-0.39, 0.29) is 5.91 Å². The molecule has 0 aliphatic carbocycles. The molecule has 106 valence electrons. The van der Waals surface area contributed by atoms with E-state index in [0.29, 0.717) is 23.8 Å². The summed E-state index contributed by atoms with van der Waals surface area (Å²) in [6.45, 7) is 3.18. The summed E-state index contributed by atoms with van der Waals surface area (Å²) in [4.78, 5) is 23.5. The van der Waals surface area contributed by atoms with Gasteiger partial charge >= 0.3 is 0 Å². The van der Waals surface area contributed by atoms with Gasteiger partial charge in [0.25, 0.3) is 5.91 Å². The van der Waals surface area contributed by atoms with Crippen LogP contribution in [0, 0.1) is 0 Å². The van der Waals surface area contributed by atoms with E-state index in [1.807, 2.05) is 0 Å². The summed E-state index contributed by atoms with van der Waals surface area (Å²) in [6.07, 6.45) is 6.00. The second-order valence-electron chi connectivity index (χ2n) is 4.20. The van der Waals surface area contributed by atoms with Crippen molar-refractivity contribution in [1.82, 2.24) is 20.3 Å². The molecule has 0 radical (unpaired) electrons. The number of hydrogen-bond acceptors (Lipinski definition) is 4. The lowest BCUT2D eigenvalue weighted by molar-refractivity contribution is 0.0950. The smallest absolute Gasteiger partial charge is 0.255 e. The normalized spacial score (nSPS) is 10.3. The molecule has 6 nitrogen and oxygen atoms in total. The molecule has 2 aromatic rings. The highest BCUT2D eigenvalue weighted by atomic mass is 79.9. The average Bonchev–Trinajstić information content (AvgIpc) is 2.96. The van der Waals surface area contributed by atoms with Crippen molar-refractivity contribution < 1.29 is 4.79 Å². The van der Waals surface area contributed by atoms with Gasteiger partial charge in [0.05, 0.1) is 12.1 Å². The molecule has 2 heterocycles. The van der Waals surface area contributed by atoms with E-state index >= 15 is 0 Å². The van der Waals surface area contributed by atoms with Gasteiger partial charge in [0.2, 0.25) is 0 Å². The fraction of sp³-hybridized carbons (Fsp3) is 0.308. The van der Waals surface area contributed by atoms with Crippen molar-refractivity contribution in [3.63, 3.8) is 0 Å². The van der Waals surface area contributed by atoms with Gasteiger partial charge in [-0.05, 0) is 28.4 Å². The molecule has 0 saturated heterocycles. The Morgan fingerprint density at radius 1 is 1.45 bits per heavy atom. The van der Waals surface area contributed by atoms with Crippen LogP contribution < -0.4 is 10.6 Å². The molecule has 0 unspecified atom stereocenters. The highest BCUT2D eigenvalue weighted by molar-refractivity contribution is 9.10. The number of anilines is 1. The van der Waals surface area contributed by atoms with E-state index < -0.39 is 0 Å². The van der Waals surface area contributed by atoms with Crippen molar-refractivity contribution in [1.29, 1.82) is 0 Å². The maximum Gasteiger partial charge on any atom is 0.255 e. The zero-order valence-corrected chi connectivity index (χ0v) is 12.7. The Morgan fingerprint density at radius 3 is 3.00 bits per heavy atom. The van der Waals surface area contributed by atoms with Crippen LogP contribution in [0.3, 0.4) is 0 Å². The topological polar surface area (TPSA) is 82.7 Å². The summed E-state index contributed by atoms with van der Waals surface area (Å²) in [6, 6.07) is 1.75. The number of amides is 1. The molecular formula is C13H16BrN5O. The van der Waals surface area contributed by atoms with Crippen molar-refractivity contribution in [2.75, 3.05) is 11.9 Å². The predicted octanol–water partition coefficient (Wildman–Crippen LogP) is 2.32. The van der Waals surface area contributed by atoms with Crippen LogP contribution in [0.4, 0.5) is 5.82 Å². The van der Waals surface area contributed by atoms with E-state index in [9.17, 15) is 4.79 Å². The van der Waals surface area contributed by atoms with E-state index in [1.165, 1.54) is 0 Å². The number of aromatic nitrogens is 3. The molecular weight excluding hydrogens is 322 g/mol. The van der Waals surface area contributed by atoms with Crippen LogP contribution in [0.15, 0.2) is 29.1 Å². The van der Waals surface area contributed by atoms with Crippen LogP contribution in [0.5, 0.6) is 0 Å². The molecule has 2 aromatic heterocycles. The SMILES string of the molecule is CCCNc1ncc(Br)cc1C(=O)NCc1ncc[nH]1. The maximum absolute atomic E-state index is 12.2. The van der Waals surface area contributed by atoms with Crippen LogP contribution in [-0.4, -0.2) is 27.4 Å². The van der Waals surface area contributed by atoms with Gasteiger partial charge in [0, 0.05) is 29.6 Å². The molecule has 0 saturated carbocycles. The first kappa shape index (κ1) is 14.5. The van der Waals surface area contributed by atoms with E-state index in [4.69, 9.17) is 0 Å². The lowest BCUT2D eigenvalue weighted by Gasteiger charge is -2.10. The first-order valence-corrected chi connectivity index (χ1v) is 7.16. The Balaban J connectivity index is 2.08. The van der Waals surface area contributed by atoms with E-state index in [2.05, 4.69) is 48.4 Å². The molecule has 0 aliphatic heterocycles. The van der Waals surface area contributed by atoms with Gasteiger partial charge in [-0.3, -0.25) is 4.79 Å². The summed E-state index contributed by atoms with van der Waals surface area (Å²) in [5.41, 5.74) is 0.513. The second-order valence-corrected chi connectivity index (χ2v) is 5.11. The number of aromatic amines is 1. The van der Waals surface area contributed by atoms with E-state index in [1.54, 1.807) is 24.7 Å². The lowest BCUT2D eigenvalue weighted by Crippen LogP contribution is -2.25. The van der Waals surface area contributed by atoms with Crippen LogP contribution in [0.1, 0.15) is 29.5 Å². The summed E-state index contributed by atoms with van der Waals surface area (Å²) < 4.78 is 0.766. The first-order chi connectivity index (χ1) is 9.70. The molecule has 1 amide bonds. The number of carbonyl (C=O) groups is 1. The number of nitrogens with one attached hydrogen (secondary N) is 3. The highest BCUT2D eigenvalue weighted by Gasteiger charge is 2.13. The Morgan fingerprint density at radius 2 is 2.30 bits per heavy atom. The molecule has 7 heteroatoms. The zero-order valence-electron chi connectivity index (χ0n) is 11.1. The number of carbonyl (C=O) groups excluding carboxylic acids is 1. The van der Waals surface area contributed by atoms with Crippen molar-refractivity contribution >= 4 is 27.7 Å². The lowest BCUT2D eigenvalue weighted by atomic mass is 10.2. The molecule has 0 atom stereocenters. The molecule has 0 bridgehead atoms. The van der Waals surface area contributed by atoms with Gasteiger partial charge in [-0.15, -0.1) is 0 Å². The highest BCUT2D eigenvalue weighted by Crippen LogP contribution is 2.18. The Labute approximate surface area is 125 Å². The summed E-state index contributed by atoms with van der Waals surface area (Å²) in [5.74, 6) is 1.12. The first-order valence-electron chi connectivity index (χ1n) is 6.36. The van der Waals surface area contributed by atoms with Crippen LogP contribution in [0.2, 0.25) is 0 Å². The quantitative estimate of drug-likeness (QED) is 0.755. The van der Waals surface area contributed by atoms with Crippen molar-refractivity contribution in [3.05, 3.63) is 40.5 Å². The standard InChI is InChI=1S/C13H16BrN5O/c1-2-3-17-12-10(6-9(14)7-18-12)13(20)19-8-11-15-4-5-16-11/h4-7H,2-3,8H2,1H3,(H,15,16)(H,17,18)(H,19,20). The van der Waals surface area contributed by atoms with Crippen molar-refractivity contribution in [3.8, 4) is 0 Å². The van der Waals surface area contributed by atoms with Gasteiger partial charge in [-0.25, -0.2) is 9.97 Å². The van der Waals surface area contributed by atoms with Gasteiger partial charge in [-0.1, -0.05) is 6.92 Å². The largest absolute Gasteiger partial charge is 0.369 e. The number of halogens is 1. The number of H-pyrrole nitrogens is 1. The monoisotopic (exact) mass is 337 g/mol. The fourth-order valence-electron chi connectivity index (χ4n) is 1.65. The Hall–Kier alpha value is -1.89. The van der Waals surface area contributed by atoms with Crippen LogP contribution in [-0.2, 0) is 6.54 Å². The molecule has 0 spiro atoms. The van der Waals surface area contributed by atoms with Crippen LogP contribution >= 0.6 is 15.9 Å². The minimum atomic E-state index is -0.186. The fourth-order valence-corrected chi connectivity index (χ4v) is 1.98. The molecule has 20 heavy (non-hydrogen) atoms. The predicted molar refractivity (Wildman–Crippen MR) is 80.5 cm³/mol. The number of imidazole rings is 1. The molecule has 0 aromatic carbocycles. The van der Waals surface area contributed by atoms with Crippen molar-refractivity contribution in [2.24, 2.45) is 0 Å². The van der Waals surface area contributed by atoms with Gasteiger partial charge < -0.3 is 15.6 Å².